The maximum absolute atomic E-state index is 12.3. The number of hydrogen-bond acceptors (Lipinski definition) is 3. The zero-order valence-corrected chi connectivity index (χ0v) is 10.8. The second-order valence-corrected chi connectivity index (χ2v) is 4.84. The zero-order chi connectivity index (χ0) is 13.3. The van der Waals surface area contributed by atoms with Crippen LogP contribution in [0.3, 0.4) is 0 Å². The number of benzene rings is 1. The van der Waals surface area contributed by atoms with Gasteiger partial charge in [0.25, 0.3) is 5.91 Å². The van der Waals surface area contributed by atoms with E-state index in [0.29, 0.717) is 11.4 Å². The van der Waals surface area contributed by atoms with Crippen molar-refractivity contribution in [2.75, 3.05) is 11.4 Å². The van der Waals surface area contributed by atoms with Crippen LogP contribution in [0.15, 0.2) is 18.2 Å². The Labute approximate surface area is 107 Å². The Morgan fingerprint density at radius 2 is 2.22 bits per heavy atom. The van der Waals surface area contributed by atoms with Crippen LogP contribution in [0, 0.1) is 24.2 Å². The maximum atomic E-state index is 12.3. The first kappa shape index (κ1) is 12.4. The molecular formula is C14H16N2O2. The number of nitriles is 1. The van der Waals surface area contributed by atoms with Gasteiger partial charge in [-0.05, 0) is 30.5 Å². The van der Waals surface area contributed by atoms with E-state index in [1.807, 2.05) is 45.0 Å². The fourth-order valence-electron chi connectivity index (χ4n) is 2.05. The number of anilines is 1. The minimum atomic E-state index is -0.507. The van der Waals surface area contributed by atoms with E-state index >= 15 is 0 Å². The van der Waals surface area contributed by atoms with Gasteiger partial charge >= 0.3 is 0 Å². The van der Waals surface area contributed by atoms with Crippen LogP contribution in [0.5, 0.6) is 5.75 Å². The van der Waals surface area contributed by atoms with E-state index in [-0.39, 0.29) is 18.4 Å². The van der Waals surface area contributed by atoms with Crippen molar-refractivity contribution in [1.82, 2.24) is 0 Å². The summed E-state index contributed by atoms with van der Waals surface area (Å²) in [6.07, 6.45) is -0.507. The predicted octanol–water partition coefficient (Wildman–Crippen LogP) is 2.27. The van der Waals surface area contributed by atoms with Crippen molar-refractivity contribution in [3.05, 3.63) is 23.8 Å². The van der Waals surface area contributed by atoms with Crippen LogP contribution in [0.2, 0.25) is 0 Å². The highest BCUT2D eigenvalue weighted by atomic mass is 16.5. The van der Waals surface area contributed by atoms with Crippen LogP contribution in [0.25, 0.3) is 0 Å². The van der Waals surface area contributed by atoms with Gasteiger partial charge in [-0.3, -0.25) is 9.69 Å². The SMILES string of the molecule is Cc1ccc2c(c1)OC(C(C)C)C(=O)N2CC#N. The number of amides is 1. The molecule has 1 atom stereocenters. The zero-order valence-electron chi connectivity index (χ0n) is 10.8. The van der Waals surface area contributed by atoms with Gasteiger partial charge in [0.05, 0.1) is 11.8 Å². The molecule has 0 bridgehead atoms. The molecule has 0 aromatic heterocycles. The van der Waals surface area contributed by atoms with Crippen molar-refractivity contribution in [3.63, 3.8) is 0 Å². The molecule has 2 rings (SSSR count). The minimum absolute atomic E-state index is 0.0570. The van der Waals surface area contributed by atoms with Crippen LogP contribution in [0.1, 0.15) is 19.4 Å². The second-order valence-electron chi connectivity index (χ2n) is 4.84. The third kappa shape index (κ3) is 2.04. The molecule has 1 aliphatic heterocycles. The molecule has 0 fully saturated rings. The van der Waals surface area contributed by atoms with E-state index in [1.165, 1.54) is 4.90 Å². The van der Waals surface area contributed by atoms with Crippen LogP contribution in [-0.4, -0.2) is 18.6 Å². The molecule has 1 heterocycles. The number of hydrogen-bond donors (Lipinski definition) is 0. The molecule has 0 saturated heterocycles. The average Bonchev–Trinajstić information content (AvgIpc) is 2.32. The van der Waals surface area contributed by atoms with Crippen LogP contribution >= 0.6 is 0 Å². The van der Waals surface area contributed by atoms with Crippen LogP contribution < -0.4 is 9.64 Å². The monoisotopic (exact) mass is 244 g/mol. The molecule has 1 amide bonds. The first-order valence-electron chi connectivity index (χ1n) is 6.00. The van der Waals surface area contributed by atoms with Gasteiger partial charge in [-0.1, -0.05) is 19.9 Å². The lowest BCUT2D eigenvalue weighted by atomic mass is 10.0. The van der Waals surface area contributed by atoms with E-state index in [9.17, 15) is 4.79 Å². The summed E-state index contributed by atoms with van der Waals surface area (Å²) in [5, 5.41) is 8.86. The minimum Gasteiger partial charge on any atom is -0.478 e. The topological polar surface area (TPSA) is 53.3 Å². The molecule has 1 aromatic carbocycles. The lowest BCUT2D eigenvalue weighted by Gasteiger charge is -2.34. The highest BCUT2D eigenvalue weighted by molar-refractivity contribution is 6.00. The van der Waals surface area contributed by atoms with Crippen molar-refractivity contribution in [2.24, 2.45) is 5.92 Å². The fourth-order valence-corrected chi connectivity index (χ4v) is 2.05. The highest BCUT2D eigenvalue weighted by Gasteiger charge is 2.36. The number of ether oxygens (including phenoxy) is 1. The molecule has 0 saturated carbocycles. The van der Waals surface area contributed by atoms with E-state index in [2.05, 4.69) is 0 Å². The van der Waals surface area contributed by atoms with Crippen LogP contribution in [-0.2, 0) is 4.79 Å². The quantitative estimate of drug-likeness (QED) is 0.750. The molecule has 94 valence electrons. The molecule has 0 radical (unpaired) electrons. The second kappa shape index (κ2) is 4.69. The highest BCUT2D eigenvalue weighted by Crippen LogP contribution is 2.36. The Balaban J connectivity index is 2.47. The van der Waals surface area contributed by atoms with E-state index < -0.39 is 6.10 Å². The van der Waals surface area contributed by atoms with Crippen LogP contribution in [0.4, 0.5) is 5.69 Å². The van der Waals surface area contributed by atoms with E-state index in [1.54, 1.807) is 0 Å². The molecule has 4 heteroatoms. The van der Waals surface area contributed by atoms with Gasteiger partial charge in [-0.2, -0.15) is 5.26 Å². The average molecular weight is 244 g/mol. The lowest BCUT2D eigenvalue weighted by Crippen LogP contribution is -2.48. The van der Waals surface area contributed by atoms with Gasteiger partial charge in [0.2, 0.25) is 0 Å². The Bertz CT molecular complexity index is 517. The van der Waals surface area contributed by atoms with Gasteiger partial charge in [0, 0.05) is 0 Å². The first-order valence-corrected chi connectivity index (χ1v) is 6.00. The summed E-state index contributed by atoms with van der Waals surface area (Å²) in [6, 6.07) is 7.68. The first-order chi connectivity index (χ1) is 8.54. The third-order valence-corrected chi connectivity index (χ3v) is 3.00. The van der Waals surface area contributed by atoms with Crippen molar-refractivity contribution in [3.8, 4) is 11.8 Å². The number of aryl methyl sites for hydroxylation is 1. The summed E-state index contributed by atoms with van der Waals surface area (Å²) < 4.78 is 5.76. The largest absolute Gasteiger partial charge is 0.478 e. The molecule has 0 N–H and O–H groups in total. The van der Waals surface area contributed by atoms with Crippen molar-refractivity contribution < 1.29 is 9.53 Å². The molecule has 1 aliphatic rings. The Morgan fingerprint density at radius 1 is 1.50 bits per heavy atom. The van der Waals surface area contributed by atoms with E-state index in [4.69, 9.17) is 10.00 Å². The van der Waals surface area contributed by atoms with Gasteiger partial charge in [-0.15, -0.1) is 0 Å². The molecule has 4 nitrogen and oxygen atoms in total. The van der Waals surface area contributed by atoms with Gasteiger partial charge in [-0.25, -0.2) is 0 Å². The standard InChI is InChI=1S/C14H16N2O2/c1-9(2)13-14(17)16(7-6-15)11-5-4-10(3)8-12(11)18-13/h4-5,8-9,13H,7H2,1-3H3. The number of fused-ring (bicyclic) bond motifs is 1. The summed E-state index contributed by atoms with van der Waals surface area (Å²) in [4.78, 5) is 13.8. The molecule has 1 unspecified atom stereocenters. The Morgan fingerprint density at radius 3 is 2.83 bits per heavy atom. The Kier molecular flexibility index (Phi) is 3.24. The van der Waals surface area contributed by atoms with Gasteiger partial charge in [0.15, 0.2) is 6.10 Å². The summed E-state index contributed by atoms with van der Waals surface area (Å²) in [7, 11) is 0. The van der Waals surface area contributed by atoms with E-state index in [0.717, 1.165) is 5.56 Å². The smallest absolute Gasteiger partial charge is 0.269 e. The summed E-state index contributed by atoms with van der Waals surface area (Å²) in [5.41, 5.74) is 1.76. The number of nitrogens with zero attached hydrogens (tertiary/aromatic N) is 2. The van der Waals surface area contributed by atoms with Gasteiger partial charge in [0.1, 0.15) is 12.3 Å². The number of rotatable bonds is 2. The number of carbonyl (C=O) groups is 1. The third-order valence-electron chi connectivity index (χ3n) is 3.00. The molecule has 0 aliphatic carbocycles. The molecule has 18 heavy (non-hydrogen) atoms. The fraction of sp³-hybridized carbons (Fsp3) is 0.429. The lowest BCUT2D eigenvalue weighted by molar-refractivity contribution is -0.128. The summed E-state index contributed by atoms with van der Waals surface area (Å²) in [5.74, 6) is 0.624. The van der Waals surface area contributed by atoms with Gasteiger partial charge < -0.3 is 4.74 Å². The normalized spacial score (nSPS) is 18.3. The molecular weight excluding hydrogens is 228 g/mol. The predicted molar refractivity (Wildman–Crippen MR) is 68.4 cm³/mol. The Hall–Kier alpha value is -2.02. The number of carbonyl (C=O) groups excluding carboxylic acids is 1. The molecule has 1 aromatic rings. The summed E-state index contributed by atoms with van der Waals surface area (Å²) in [6.45, 7) is 5.91. The van der Waals surface area contributed by atoms with Crippen molar-refractivity contribution in [1.29, 1.82) is 5.26 Å². The summed E-state index contributed by atoms with van der Waals surface area (Å²) >= 11 is 0. The van der Waals surface area contributed by atoms with Crippen molar-refractivity contribution in [2.45, 2.75) is 26.9 Å². The van der Waals surface area contributed by atoms with Crippen molar-refractivity contribution >= 4 is 11.6 Å². The maximum Gasteiger partial charge on any atom is 0.269 e. The molecule has 0 spiro atoms.